The molecule has 35 heavy (non-hydrogen) atoms. The number of methoxy groups -OCH3 is 1. The lowest BCUT2D eigenvalue weighted by Crippen LogP contribution is -2.29. The number of aryl methyl sites for hydroxylation is 2. The summed E-state index contributed by atoms with van der Waals surface area (Å²) in [5, 5.41) is 7.13. The number of anilines is 2. The van der Waals surface area contributed by atoms with E-state index in [1.807, 2.05) is 37.4 Å². The first-order chi connectivity index (χ1) is 16.9. The van der Waals surface area contributed by atoms with Gasteiger partial charge in [0.25, 0.3) is 0 Å². The molecule has 1 aliphatic carbocycles. The molecule has 3 aromatic rings. The van der Waals surface area contributed by atoms with Gasteiger partial charge in [0.1, 0.15) is 6.61 Å². The molecule has 2 aromatic heterocycles. The Labute approximate surface area is 211 Å². The van der Waals surface area contributed by atoms with Gasteiger partial charge in [-0.05, 0) is 93.4 Å². The molecule has 2 aliphatic rings. The zero-order valence-electron chi connectivity index (χ0n) is 20.5. The van der Waals surface area contributed by atoms with Crippen molar-refractivity contribution in [3.05, 3.63) is 76.9 Å². The molecule has 1 aromatic carbocycles. The van der Waals surface area contributed by atoms with E-state index in [-0.39, 0.29) is 24.6 Å². The summed E-state index contributed by atoms with van der Waals surface area (Å²) in [4.78, 5) is 18.9. The second kappa shape index (κ2) is 9.43. The number of carbonyl (C=O) groups is 1. The molecule has 182 valence electrons. The summed E-state index contributed by atoms with van der Waals surface area (Å²) in [6.45, 7) is 6.42. The van der Waals surface area contributed by atoms with Crippen LogP contribution in [0.5, 0.6) is 0 Å². The lowest BCUT2D eigenvalue weighted by molar-refractivity contribution is -0.119. The molecule has 1 amide bonds. The minimum Gasteiger partial charge on any atom is -0.375 e. The molecule has 0 unspecified atom stereocenters. The van der Waals surface area contributed by atoms with Crippen LogP contribution >= 0.6 is 12.2 Å². The van der Waals surface area contributed by atoms with Gasteiger partial charge in [-0.25, -0.2) is 0 Å². The first-order valence-corrected chi connectivity index (χ1v) is 12.4. The fraction of sp³-hybridized carbons (Fsp3) is 0.370. The van der Waals surface area contributed by atoms with Crippen molar-refractivity contribution in [3.63, 3.8) is 0 Å². The third kappa shape index (κ3) is 4.44. The van der Waals surface area contributed by atoms with Crippen molar-refractivity contribution in [2.24, 2.45) is 0 Å². The van der Waals surface area contributed by atoms with E-state index in [1.54, 1.807) is 0 Å². The zero-order valence-corrected chi connectivity index (χ0v) is 21.4. The lowest BCUT2D eigenvalue weighted by atomic mass is 9.96. The van der Waals surface area contributed by atoms with E-state index in [1.165, 1.54) is 36.9 Å². The van der Waals surface area contributed by atoms with Gasteiger partial charge in [-0.15, -0.1) is 0 Å². The average molecular weight is 490 g/mol. The summed E-state index contributed by atoms with van der Waals surface area (Å²) >= 11 is 5.90. The fourth-order valence-corrected chi connectivity index (χ4v) is 5.55. The molecule has 2 fully saturated rings. The Kier molecular flexibility index (Phi) is 6.34. The Morgan fingerprint density at radius 3 is 2.66 bits per heavy atom. The van der Waals surface area contributed by atoms with Gasteiger partial charge in [0.05, 0.1) is 17.8 Å². The number of thiocarbonyl (C=S) groups is 1. The van der Waals surface area contributed by atoms with E-state index >= 15 is 0 Å². The van der Waals surface area contributed by atoms with Crippen LogP contribution in [-0.4, -0.2) is 34.3 Å². The Balaban J connectivity index is 1.57. The second-order valence-electron chi connectivity index (χ2n) is 9.40. The van der Waals surface area contributed by atoms with E-state index in [9.17, 15) is 4.79 Å². The van der Waals surface area contributed by atoms with Gasteiger partial charge < -0.3 is 24.8 Å². The van der Waals surface area contributed by atoms with Crippen LogP contribution in [0.4, 0.5) is 11.4 Å². The number of aromatic nitrogens is 2. The fourth-order valence-electron chi connectivity index (χ4n) is 5.20. The van der Waals surface area contributed by atoms with E-state index < -0.39 is 0 Å². The SMILES string of the molecule is COCC(=O)Nc1ccc(N2C(=S)N[C@@H](c3ccccn3)[C@H]2c2cc(C)n(C3CC3)c2C)cc1C. The summed E-state index contributed by atoms with van der Waals surface area (Å²) in [6.07, 6.45) is 4.30. The molecule has 5 rings (SSSR count). The van der Waals surface area contributed by atoms with Gasteiger partial charge in [-0.3, -0.25) is 9.78 Å². The minimum atomic E-state index is -0.178. The third-order valence-corrected chi connectivity index (χ3v) is 7.20. The van der Waals surface area contributed by atoms with Crippen LogP contribution in [0.1, 0.15) is 59.2 Å². The highest BCUT2D eigenvalue weighted by Crippen LogP contribution is 2.46. The molecule has 2 N–H and O–H groups in total. The van der Waals surface area contributed by atoms with Crippen LogP contribution in [-0.2, 0) is 9.53 Å². The quantitative estimate of drug-likeness (QED) is 0.460. The highest BCUT2D eigenvalue weighted by molar-refractivity contribution is 7.80. The summed E-state index contributed by atoms with van der Waals surface area (Å²) < 4.78 is 7.42. The van der Waals surface area contributed by atoms with Crippen molar-refractivity contribution >= 4 is 34.6 Å². The number of benzene rings is 1. The maximum absolute atomic E-state index is 12.0. The highest BCUT2D eigenvalue weighted by atomic mass is 32.1. The van der Waals surface area contributed by atoms with Gasteiger partial charge in [-0.1, -0.05) is 6.07 Å². The van der Waals surface area contributed by atoms with Gasteiger partial charge in [0.2, 0.25) is 5.91 Å². The first kappa shape index (κ1) is 23.5. The van der Waals surface area contributed by atoms with E-state index in [0.717, 1.165) is 22.6 Å². The monoisotopic (exact) mass is 489 g/mol. The first-order valence-electron chi connectivity index (χ1n) is 12.0. The molecule has 0 radical (unpaired) electrons. The minimum absolute atomic E-state index is 0.0196. The van der Waals surface area contributed by atoms with Crippen LogP contribution in [0, 0.1) is 20.8 Å². The molecule has 1 aliphatic heterocycles. The van der Waals surface area contributed by atoms with Gasteiger partial charge >= 0.3 is 0 Å². The zero-order chi connectivity index (χ0) is 24.7. The standard InChI is InChI=1S/C27H31N5O2S/c1-16-13-20(10-11-22(16)29-24(33)15-34-4)32-26(21-14-17(2)31(18(21)3)19-8-9-19)25(30-27(32)35)23-7-5-6-12-28-23/h5-7,10-14,19,25-26H,8-9,15H2,1-4H3,(H,29,33)(H,30,35)/t25-,26+/m0/s1. The maximum atomic E-state index is 12.0. The van der Waals surface area contributed by atoms with Crippen LogP contribution in [0.25, 0.3) is 0 Å². The molecule has 1 saturated carbocycles. The number of hydrogen-bond acceptors (Lipinski definition) is 4. The summed E-state index contributed by atoms with van der Waals surface area (Å²) in [6, 6.07) is 14.8. The largest absolute Gasteiger partial charge is 0.375 e. The lowest BCUT2D eigenvalue weighted by Gasteiger charge is -2.29. The molecule has 3 heterocycles. The smallest absolute Gasteiger partial charge is 0.250 e. The topological polar surface area (TPSA) is 71.4 Å². The molecule has 8 heteroatoms. The number of nitrogens with zero attached hydrogens (tertiary/aromatic N) is 3. The van der Waals surface area contributed by atoms with Crippen molar-refractivity contribution in [2.45, 2.75) is 51.7 Å². The number of hydrogen-bond donors (Lipinski definition) is 2. The second-order valence-corrected chi connectivity index (χ2v) is 9.79. The van der Waals surface area contributed by atoms with Crippen molar-refractivity contribution in [2.75, 3.05) is 23.9 Å². The van der Waals surface area contributed by atoms with Crippen LogP contribution in [0.15, 0.2) is 48.7 Å². The van der Waals surface area contributed by atoms with E-state index in [0.29, 0.717) is 11.2 Å². The molecule has 0 spiro atoms. The number of nitrogens with one attached hydrogen (secondary N) is 2. The summed E-state index contributed by atoms with van der Waals surface area (Å²) in [5.74, 6) is -0.178. The molecule has 0 bridgehead atoms. The maximum Gasteiger partial charge on any atom is 0.250 e. The Hall–Kier alpha value is -3.23. The predicted molar refractivity (Wildman–Crippen MR) is 142 cm³/mol. The average Bonchev–Trinajstić information content (AvgIpc) is 3.54. The molecule has 7 nitrogen and oxygen atoms in total. The van der Waals surface area contributed by atoms with Crippen LogP contribution < -0.4 is 15.5 Å². The molecule has 1 saturated heterocycles. The Morgan fingerprint density at radius 2 is 2.00 bits per heavy atom. The normalized spacial score (nSPS) is 19.7. The summed E-state index contributed by atoms with van der Waals surface area (Å²) in [5.41, 5.74) is 7.48. The number of rotatable bonds is 7. The van der Waals surface area contributed by atoms with Gasteiger partial charge in [0.15, 0.2) is 5.11 Å². The number of amides is 1. The molecular weight excluding hydrogens is 458 g/mol. The van der Waals surface area contributed by atoms with Crippen LogP contribution in [0.3, 0.4) is 0 Å². The molecular formula is C27H31N5O2S. The van der Waals surface area contributed by atoms with Gasteiger partial charge in [0, 0.05) is 42.1 Å². The van der Waals surface area contributed by atoms with Gasteiger partial charge in [-0.2, -0.15) is 0 Å². The van der Waals surface area contributed by atoms with Crippen molar-refractivity contribution in [1.82, 2.24) is 14.9 Å². The van der Waals surface area contributed by atoms with Crippen LogP contribution in [0.2, 0.25) is 0 Å². The molecule has 2 atom stereocenters. The van der Waals surface area contributed by atoms with E-state index in [4.69, 9.17) is 17.0 Å². The predicted octanol–water partition coefficient (Wildman–Crippen LogP) is 4.91. The van der Waals surface area contributed by atoms with E-state index in [2.05, 4.69) is 57.1 Å². The van der Waals surface area contributed by atoms with Crippen molar-refractivity contribution in [3.8, 4) is 0 Å². The Bertz CT molecular complexity index is 1270. The number of carbonyl (C=O) groups excluding carboxylic acids is 1. The summed E-state index contributed by atoms with van der Waals surface area (Å²) in [7, 11) is 1.51. The Morgan fingerprint density at radius 1 is 1.20 bits per heavy atom. The number of pyridine rings is 1. The third-order valence-electron chi connectivity index (χ3n) is 6.89. The van der Waals surface area contributed by atoms with Crippen molar-refractivity contribution < 1.29 is 9.53 Å². The number of ether oxygens (including phenoxy) is 1. The highest BCUT2D eigenvalue weighted by Gasteiger charge is 2.43. The van der Waals surface area contributed by atoms with Crippen molar-refractivity contribution in [1.29, 1.82) is 0 Å².